The van der Waals surface area contributed by atoms with Crippen molar-refractivity contribution >= 4 is 16.9 Å². The molecule has 1 amide bonds. The molecule has 2 aromatic carbocycles. The molecule has 0 saturated carbocycles. The zero-order valence-electron chi connectivity index (χ0n) is 20.6. The molecule has 0 bridgehead atoms. The molecule has 6 heteroatoms. The zero-order valence-corrected chi connectivity index (χ0v) is 20.6. The molecule has 0 fully saturated rings. The standard InChI is InChI=1S/C29H34N4O2/c1-3-22(2)23-11-13-25(14-12-23)35-21-7-20-33-27-9-5-4-8-26(27)32-28(33)10-6-17-31-29(34)24-15-18-30-19-16-24/h4-5,8-9,11-16,18-19,22H,3,6-7,10,17,20-21H2,1-2H3,(H,31,34). The first kappa shape index (κ1) is 24.5. The lowest BCUT2D eigenvalue weighted by Crippen LogP contribution is -2.25. The summed E-state index contributed by atoms with van der Waals surface area (Å²) in [6.07, 6.45) is 6.89. The minimum atomic E-state index is -0.0739. The van der Waals surface area contributed by atoms with E-state index in [1.165, 1.54) is 5.56 Å². The number of pyridine rings is 1. The van der Waals surface area contributed by atoms with E-state index in [4.69, 9.17) is 9.72 Å². The monoisotopic (exact) mass is 470 g/mol. The van der Waals surface area contributed by atoms with Crippen LogP contribution in [-0.4, -0.2) is 33.6 Å². The second kappa shape index (κ2) is 12.2. The fourth-order valence-electron chi connectivity index (χ4n) is 4.16. The summed E-state index contributed by atoms with van der Waals surface area (Å²) in [5.74, 6) is 2.45. The minimum Gasteiger partial charge on any atom is -0.494 e. The summed E-state index contributed by atoms with van der Waals surface area (Å²) >= 11 is 0. The van der Waals surface area contributed by atoms with Crippen LogP contribution in [0.1, 0.15) is 60.8 Å². The largest absolute Gasteiger partial charge is 0.494 e. The summed E-state index contributed by atoms with van der Waals surface area (Å²) in [4.78, 5) is 21.1. The normalized spacial score (nSPS) is 11.9. The molecular formula is C29H34N4O2. The number of hydrogen-bond acceptors (Lipinski definition) is 4. The highest BCUT2D eigenvalue weighted by atomic mass is 16.5. The second-order valence-electron chi connectivity index (χ2n) is 8.84. The predicted molar refractivity (Wildman–Crippen MR) is 140 cm³/mol. The topological polar surface area (TPSA) is 69.0 Å². The Kier molecular flexibility index (Phi) is 8.49. The van der Waals surface area contributed by atoms with Crippen LogP contribution < -0.4 is 10.1 Å². The van der Waals surface area contributed by atoms with E-state index in [9.17, 15) is 4.79 Å². The maximum atomic E-state index is 12.2. The summed E-state index contributed by atoms with van der Waals surface area (Å²) in [7, 11) is 0. The molecule has 1 N–H and O–H groups in total. The van der Waals surface area contributed by atoms with Crippen LogP contribution in [0.15, 0.2) is 73.1 Å². The van der Waals surface area contributed by atoms with E-state index < -0.39 is 0 Å². The van der Waals surface area contributed by atoms with Crippen molar-refractivity contribution in [3.63, 3.8) is 0 Å². The van der Waals surface area contributed by atoms with Gasteiger partial charge in [0.25, 0.3) is 5.91 Å². The molecule has 0 aliphatic rings. The van der Waals surface area contributed by atoms with E-state index >= 15 is 0 Å². The number of aromatic nitrogens is 3. The molecule has 182 valence electrons. The van der Waals surface area contributed by atoms with Gasteiger partial charge in [-0.25, -0.2) is 4.98 Å². The van der Waals surface area contributed by atoms with Crippen LogP contribution in [0.3, 0.4) is 0 Å². The molecule has 6 nitrogen and oxygen atoms in total. The predicted octanol–water partition coefficient (Wildman–Crippen LogP) is 5.78. The smallest absolute Gasteiger partial charge is 0.251 e. The molecule has 1 unspecified atom stereocenters. The lowest BCUT2D eigenvalue weighted by Gasteiger charge is -2.12. The maximum Gasteiger partial charge on any atom is 0.251 e. The van der Waals surface area contributed by atoms with E-state index in [0.717, 1.165) is 54.8 Å². The van der Waals surface area contributed by atoms with Crippen molar-refractivity contribution in [3.05, 3.63) is 90.0 Å². The lowest BCUT2D eigenvalue weighted by molar-refractivity contribution is 0.0953. The van der Waals surface area contributed by atoms with Gasteiger partial charge in [-0.05, 0) is 67.1 Å². The molecule has 0 aliphatic heterocycles. The molecule has 0 radical (unpaired) electrons. The summed E-state index contributed by atoms with van der Waals surface area (Å²) < 4.78 is 8.29. The second-order valence-corrected chi connectivity index (χ2v) is 8.84. The van der Waals surface area contributed by atoms with Gasteiger partial charge >= 0.3 is 0 Å². The van der Waals surface area contributed by atoms with Gasteiger partial charge in [-0.15, -0.1) is 0 Å². The van der Waals surface area contributed by atoms with Gasteiger partial charge in [-0.1, -0.05) is 38.1 Å². The summed E-state index contributed by atoms with van der Waals surface area (Å²) in [6.45, 7) is 6.54. The number of imidazole rings is 1. The molecule has 0 aliphatic carbocycles. The van der Waals surface area contributed by atoms with E-state index in [1.54, 1.807) is 24.5 Å². The first-order valence-electron chi connectivity index (χ1n) is 12.5. The van der Waals surface area contributed by atoms with Crippen molar-refractivity contribution in [2.45, 2.75) is 52.0 Å². The minimum absolute atomic E-state index is 0.0739. The van der Waals surface area contributed by atoms with Crippen LogP contribution in [-0.2, 0) is 13.0 Å². The summed E-state index contributed by atoms with van der Waals surface area (Å²) in [6, 6.07) is 20.1. The van der Waals surface area contributed by atoms with Gasteiger partial charge in [-0.2, -0.15) is 0 Å². The number of aryl methyl sites for hydroxylation is 2. The number of para-hydroxylation sites is 2. The van der Waals surface area contributed by atoms with Crippen molar-refractivity contribution in [2.24, 2.45) is 0 Å². The molecule has 0 spiro atoms. The number of fused-ring (bicyclic) bond motifs is 1. The number of ether oxygens (including phenoxy) is 1. The highest BCUT2D eigenvalue weighted by Gasteiger charge is 2.11. The number of nitrogens with zero attached hydrogens (tertiary/aromatic N) is 3. The van der Waals surface area contributed by atoms with Gasteiger partial charge in [-0.3, -0.25) is 9.78 Å². The fraction of sp³-hybridized carbons (Fsp3) is 0.345. The Morgan fingerprint density at radius 3 is 2.57 bits per heavy atom. The molecule has 35 heavy (non-hydrogen) atoms. The maximum absolute atomic E-state index is 12.2. The first-order valence-corrected chi connectivity index (χ1v) is 12.5. The van der Waals surface area contributed by atoms with Gasteiger partial charge < -0.3 is 14.6 Å². The Balaban J connectivity index is 1.30. The number of hydrogen-bond donors (Lipinski definition) is 1. The van der Waals surface area contributed by atoms with Crippen LogP contribution >= 0.6 is 0 Å². The SMILES string of the molecule is CCC(C)c1ccc(OCCCn2c(CCCNC(=O)c3ccncc3)nc3ccccc32)cc1. The molecular weight excluding hydrogens is 436 g/mol. The Morgan fingerprint density at radius 1 is 1.03 bits per heavy atom. The van der Waals surface area contributed by atoms with E-state index in [0.29, 0.717) is 24.6 Å². The number of rotatable bonds is 12. The average molecular weight is 471 g/mol. The third kappa shape index (κ3) is 6.47. The van der Waals surface area contributed by atoms with Crippen molar-refractivity contribution in [3.8, 4) is 5.75 Å². The zero-order chi connectivity index (χ0) is 24.5. The number of carbonyl (C=O) groups is 1. The number of carbonyl (C=O) groups excluding carboxylic acids is 1. The quantitative estimate of drug-likeness (QED) is 0.267. The molecule has 2 aromatic heterocycles. The third-order valence-electron chi connectivity index (χ3n) is 6.40. The Morgan fingerprint density at radius 2 is 1.80 bits per heavy atom. The number of benzene rings is 2. The van der Waals surface area contributed by atoms with Gasteiger partial charge in [0.1, 0.15) is 11.6 Å². The average Bonchev–Trinajstić information content (AvgIpc) is 3.26. The molecule has 1 atom stereocenters. The third-order valence-corrected chi connectivity index (χ3v) is 6.40. The van der Waals surface area contributed by atoms with E-state index in [1.807, 2.05) is 6.07 Å². The van der Waals surface area contributed by atoms with E-state index in [2.05, 4.69) is 71.2 Å². The molecule has 4 rings (SSSR count). The number of nitrogens with one attached hydrogen (secondary N) is 1. The highest BCUT2D eigenvalue weighted by Crippen LogP contribution is 2.22. The summed E-state index contributed by atoms with van der Waals surface area (Å²) in [5.41, 5.74) is 4.12. The molecule has 4 aromatic rings. The Hall–Kier alpha value is -3.67. The van der Waals surface area contributed by atoms with Crippen LogP contribution in [0, 0.1) is 0 Å². The van der Waals surface area contributed by atoms with Crippen LogP contribution in [0.5, 0.6) is 5.75 Å². The van der Waals surface area contributed by atoms with Gasteiger partial charge in [0.15, 0.2) is 0 Å². The van der Waals surface area contributed by atoms with Crippen LogP contribution in [0.25, 0.3) is 11.0 Å². The number of amides is 1. The van der Waals surface area contributed by atoms with Crippen molar-refractivity contribution < 1.29 is 9.53 Å². The van der Waals surface area contributed by atoms with Crippen molar-refractivity contribution in [2.75, 3.05) is 13.2 Å². The fourth-order valence-corrected chi connectivity index (χ4v) is 4.16. The molecule has 0 saturated heterocycles. The van der Waals surface area contributed by atoms with Gasteiger partial charge in [0, 0.05) is 37.5 Å². The van der Waals surface area contributed by atoms with Crippen molar-refractivity contribution in [1.29, 1.82) is 0 Å². The van der Waals surface area contributed by atoms with Crippen molar-refractivity contribution in [1.82, 2.24) is 19.9 Å². The van der Waals surface area contributed by atoms with Gasteiger partial charge in [0.2, 0.25) is 0 Å². The van der Waals surface area contributed by atoms with E-state index in [-0.39, 0.29) is 5.91 Å². The van der Waals surface area contributed by atoms with Gasteiger partial charge in [0.05, 0.1) is 17.6 Å². The van der Waals surface area contributed by atoms with Crippen LogP contribution in [0.4, 0.5) is 0 Å². The molecule has 2 heterocycles. The lowest BCUT2D eigenvalue weighted by atomic mass is 9.99. The Labute approximate surface area is 207 Å². The summed E-state index contributed by atoms with van der Waals surface area (Å²) in [5, 5.41) is 2.98. The van der Waals surface area contributed by atoms with Crippen LogP contribution in [0.2, 0.25) is 0 Å². The first-order chi connectivity index (χ1) is 17.2. The Bertz CT molecular complexity index is 1220. The highest BCUT2D eigenvalue weighted by molar-refractivity contribution is 5.93.